The SMILES string of the molecule is CCCOC(=O)CC1C(=O)NCCN1CC(=O)Nc1ccc(I)cc1. The number of nitrogens with one attached hydrogen (secondary N) is 2. The Bertz CT molecular complexity index is 621. The van der Waals surface area contributed by atoms with Crippen LogP contribution in [0.4, 0.5) is 5.69 Å². The zero-order valence-corrected chi connectivity index (χ0v) is 16.2. The van der Waals surface area contributed by atoms with Crippen LogP contribution in [0, 0.1) is 3.57 Å². The molecule has 136 valence electrons. The van der Waals surface area contributed by atoms with E-state index in [9.17, 15) is 14.4 Å². The molecular formula is C17H22IN3O4. The number of hydrogen-bond donors (Lipinski definition) is 2. The molecule has 1 aliphatic heterocycles. The van der Waals surface area contributed by atoms with Gasteiger partial charge >= 0.3 is 5.97 Å². The Labute approximate surface area is 160 Å². The lowest BCUT2D eigenvalue weighted by molar-refractivity contribution is -0.148. The summed E-state index contributed by atoms with van der Waals surface area (Å²) >= 11 is 2.19. The van der Waals surface area contributed by atoms with Crippen molar-refractivity contribution in [3.8, 4) is 0 Å². The summed E-state index contributed by atoms with van der Waals surface area (Å²) in [5, 5.41) is 5.54. The van der Waals surface area contributed by atoms with E-state index in [-0.39, 0.29) is 24.8 Å². The van der Waals surface area contributed by atoms with Gasteiger partial charge in [0.2, 0.25) is 11.8 Å². The second-order valence-electron chi connectivity index (χ2n) is 5.76. The molecule has 1 atom stereocenters. The smallest absolute Gasteiger partial charge is 0.307 e. The number of halogens is 1. The molecule has 8 heteroatoms. The molecule has 25 heavy (non-hydrogen) atoms. The van der Waals surface area contributed by atoms with Gasteiger partial charge in [0.15, 0.2) is 0 Å². The van der Waals surface area contributed by atoms with Crippen molar-refractivity contribution in [3.63, 3.8) is 0 Å². The van der Waals surface area contributed by atoms with Crippen molar-refractivity contribution in [2.24, 2.45) is 0 Å². The average Bonchev–Trinajstić information content (AvgIpc) is 2.58. The van der Waals surface area contributed by atoms with Crippen molar-refractivity contribution in [1.29, 1.82) is 0 Å². The molecule has 1 unspecified atom stereocenters. The van der Waals surface area contributed by atoms with Crippen LogP contribution in [0.2, 0.25) is 0 Å². The lowest BCUT2D eigenvalue weighted by Crippen LogP contribution is -2.57. The topological polar surface area (TPSA) is 87.7 Å². The lowest BCUT2D eigenvalue weighted by atomic mass is 10.1. The Kier molecular flexibility index (Phi) is 7.63. The van der Waals surface area contributed by atoms with Gasteiger partial charge in [0.1, 0.15) is 6.04 Å². The summed E-state index contributed by atoms with van der Waals surface area (Å²) in [6.07, 6.45) is 0.674. The van der Waals surface area contributed by atoms with E-state index in [2.05, 4.69) is 33.2 Å². The monoisotopic (exact) mass is 459 g/mol. The van der Waals surface area contributed by atoms with Gasteiger partial charge in [0.25, 0.3) is 0 Å². The second-order valence-corrected chi connectivity index (χ2v) is 7.00. The highest BCUT2D eigenvalue weighted by Gasteiger charge is 2.33. The number of nitrogens with zero attached hydrogens (tertiary/aromatic N) is 1. The Hall–Kier alpha value is -1.68. The fourth-order valence-electron chi connectivity index (χ4n) is 2.52. The van der Waals surface area contributed by atoms with Crippen LogP contribution in [0.15, 0.2) is 24.3 Å². The van der Waals surface area contributed by atoms with E-state index in [4.69, 9.17) is 4.74 Å². The molecule has 2 amide bonds. The quantitative estimate of drug-likeness (QED) is 0.475. The summed E-state index contributed by atoms with van der Waals surface area (Å²) in [5.74, 6) is -0.892. The lowest BCUT2D eigenvalue weighted by Gasteiger charge is -2.33. The fraction of sp³-hybridized carbons (Fsp3) is 0.471. The molecule has 1 aliphatic rings. The normalized spacial score (nSPS) is 17.7. The van der Waals surface area contributed by atoms with Crippen LogP contribution in [0.25, 0.3) is 0 Å². The number of esters is 1. The van der Waals surface area contributed by atoms with Crippen molar-refractivity contribution in [2.75, 3.05) is 31.6 Å². The molecule has 0 spiro atoms. The van der Waals surface area contributed by atoms with Crippen LogP contribution in [-0.4, -0.2) is 55.0 Å². The van der Waals surface area contributed by atoms with Gasteiger partial charge in [-0.05, 0) is 53.3 Å². The predicted molar refractivity (Wildman–Crippen MR) is 102 cm³/mol. The molecule has 1 heterocycles. The maximum absolute atomic E-state index is 12.3. The summed E-state index contributed by atoms with van der Waals surface area (Å²) in [6, 6.07) is 6.76. The largest absolute Gasteiger partial charge is 0.466 e. The van der Waals surface area contributed by atoms with Gasteiger partial charge in [-0.3, -0.25) is 19.3 Å². The minimum absolute atomic E-state index is 0.0468. The highest BCUT2D eigenvalue weighted by Crippen LogP contribution is 2.13. The number of benzene rings is 1. The van der Waals surface area contributed by atoms with Crippen LogP contribution in [0.1, 0.15) is 19.8 Å². The zero-order valence-electron chi connectivity index (χ0n) is 14.1. The second kappa shape index (κ2) is 9.71. The van der Waals surface area contributed by atoms with Crippen molar-refractivity contribution in [1.82, 2.24) is 10.2 Å². The Morgan fingerprint density at radius 2 is 2.08 bits per heavy atom. The molecule has 0 radical (unpaired) electrons. The number of hydrogen-bond acceptors (Lipinski definition) is 5. The number of rotatable bonds is 7. The number of carbonyl (C=O) groups is 3. The number of piperazine rings is 1. The van der Waals surface area contributed by atoms with Crippen molar-refractivity contribution in [2.45, 2.75) is 25.8 Å². The third kappa shape index (κ3) is 6.28. The summed E-state index contributed by atoms with van der Waals surface area (Å²) in [4.78, 5) is 37.9. The van der Waals surface area contributed by atoms with E-state index in [0.29, 0.717) is 25.4 Å². The molecule has 1 fully saturated rings. The molecule has 0 bridgehead atoms. The van der Waals surface area contributed by atoms with Crippen molar-refractivity contribution in [3.05, 3.63) is 27.8 Å². The molecule has 2 rings (SSSR count). The standard InChI is InChI=1S/C17H22IN3O4/c1-2-9-25-16(23)10-14-17(24)19-7-8-21(14)11-15(22)20-13-5-3-12(18)4-6-13/h3-6,14H,2,7-11H2,1H3,(H,19,24)(H,20,22). The van der Waals surface area contributed by atoms with Crippen LogP contribution >= 0.6 is 22.6 Å². The van der Waals surface area contributed by atoms with Crippen LogP contribution < -0.4 is 10.6 Å². The summed E-state index contributed by atoms with van der Waals surface area (Å²) in [5.41, 5.74) is 0.700. The predicted octanol–water partition coefficient (Wildman–Crippen LogP) is 1.37. The summed E-state index contributed by atoms with van der Waals surface area (Å²) in [6.45, 7) is 3.25. The summed E-state index contributed by atoms with van der Waals surface area (Å²) < 4.78 is 6.13. The van der Waals surface area contributed by atoms with Gasteiger partial charge in [0, 0.05) is 22.3 Å². The van der Waals surface area contributed by atoms with Gasteiger partial charge in [0.05, 0.1) is 19.6 Å². The van der Waals surface area contributed by atoms with Gasteiger partial charge in [-0.15, -0.1) is 0 Å². The van der Waals surface area contributed by atoms with Gasteiger partial charge in [-0.2, -0.15) is 0 Å². The number of amides is 2. The first-order valence-corrected chi connectivity index (χ1v) is 9.30. The van der Waals surface area contributed by atoms with Crippen LogP contribution in [-0.2, 0) is 19.1 Å². The molecule has 0 aliphatic carbocycles. The molecule has 2 N–H and O–H groups in total. The van der Waals surface area contributed by atoms with Crippen molar-refractivity contribution >= 4 is 46.1 Å². The third-order valence-corrected chi connectivity index (χ3v) is 4.46. The van der Waals surface area contributed by atoms with Crippen LogP contribution in [0.5, 0.6) is 0 Å². The minimum Gasteiger partial charge on any atom is -0.466 e. The Morgan fingerprint density at radius 3 is 2.76 bits per heavy atom. The minimum atomic E-state index is -0.680. The summed E-state index contributed by atoms with van der Waals surface area (Å²) in [7, 11) is 0. The Morgan fingerprint density at radius 1 is 1.36 bits per heavy atom. The molecular weight excluding hydrogens is 437 g/mol. The van der Waals surface area contributed by atoms with Gasteiger partial charge in [-0.1, -0.05) is 6.92 Å². The average molecular weight is 459 g/mol. The zero-order chi connectivity index (χ0) is 18.2. The number of carbonyl (C=O) groups excluding carboxylic acids is 3. The molecule has 1 aromatic carbocycles. The van der Waals surface area contributed by atoms with Gasteiger partial charge in [-0.25, -0.2) is 0 Å². The molecule has 1 aromatic rings. The van der Waals surface area contributed by atoms with E-state index in [1.165, 1.54) is 0 Å². The highest BCUT2D eigenvalue weighted by atomic mass is 127. The van der Waals surface area contributed by atoms with E-state index in [1.807, 2.05) is 31.2 Å². The molecule has 1 saturated heterocycles. The maximum atomic E-state index is 12.3. The highest BCUT2D eigenvalue weighted by molar-refractivity contribution is 14.1. The maximum Gasteiger partial charge on any atom is 0.307 e. The van der Waals surface area contributed by atoms with Gasteiger partial charge < -0.3 is 15.4 Å². The van der Waals surface area contributed by atoms with Crippen LogP contribution in [0.3, 0.4) is 0 Å². The number of anilines is 1. The number of ether oxygens (including phenoxy) is 1. The van der Waals surface area contributed by atoms with E-state index in [1.54, 1.807) is 4.90 Å². The van der Waals surface area contributed by atoms with E-state index >= 15 is 0 Å². The first-order chi connectivity index (χ1) is 12.0. The molecule has 7 nitrogen and oxygen atoms in total. The third-order valence-electron chi connectivity index (χ3n) is 3.74. The van der Waals surface area contributed by atoms with E-state index < -0.39 is 12.0 Å². The van der Waals surface area contributed by atoms with Crippen molar-refractivity contribution < 1.29 is 19.1 Å². The fourth-order valence-corrected chi connectivity index (χ4v) is 2.88. The Balaban J connectivity index is 1.94. The van der Waals surface area contributed by atoms with E-state index in [0.717, 1.165) is 9.99 Å². The first-order valence-electron chi connectivity index (χ1n) is 8.22. The molecule has 0 aromatic heterocycles. The molecule has 0 saturated carbocycles. The first kappa shape index (κ1) is 19.6.